The van der Waals surface area contributed by atoms with Crippen LogP contribution in [-0.2, 0) is 16.0 Å². The first kappa shape index (κ1) is 30.9. The Kier molecular flexibility index (Phi) is 9.97. The Hall–Kier alpha value is -3.51. The fourth-order valence-electron chi connectivity index (χ4n) is 6.06. The minimum atomic E-state index is -0.750. The topological polar surface area (TPSA) is 118 Å². The molecule has 43 heavy (non-hydrogen) atoms. The van der Waals surface area contributed by atoms with E-state index in [1.165, 1.54) is 53.0 Å². The summed E-state index contributed by atoms with van der Waals surface area (Å²) < 4.78 is 15.3. The molecule has 2 fully saturated rings. The number of nitrogens with one attached hydrogen (secondary N) is 1. The van der Waals surface area contributed by atoms with Crippen molar-refractivity contribution < 1.29 is 18.8 Å². The molecule has 1 unspecified atom stereocenters. The van der Waals surface area contributed by atoms with E-state index in [0.29, 0.717) is 60.5 Å². The minimum Gasteiger partial charge on any atom is -0.353 e. The third-order valence-electron chi connectivity index (χ3n) is 8.30. The number of carbonyl (C=O) groups excluding carboxylic acids is 3. The van der Waals surface area contributed by atoms with E-state index < -0.39 is 17.4 Å². The zero-order valence-electron chi connectivity index (χ0n) is 24.8. The van der Waals surface area contributed by atoms with E-state index in [1.807, 2.05) is 18.7 Å². The molecule has 0 spiro atoms. The number of fused-ring (bicyclic) bond motifs is 1. The molecular formula is C31H39FN6O4S. The van der Waals surface area contributed by atoms with Gasteiger partial charge >= 0.3 is 0 Å². The quantitative estimate of drug-likeness (QED) is 0.373. The molecule has 1 aliphatic heterocycles. The Bertz CT molecular complexity index is 1520. The SMILES string of the molecule is CC(C)NC(=O)CN1CCN(C(=O)c2cnc(CC(=O)C(CC3CCCCC3)n3cnc4ccc(F)cc4c3=O)s2)CC1. The van der Waals surface area contributed by atoms with Gasteiger partial charge in [0.1, 0.15) is 15.7 Å². The van der Waals surface area contributed by atoms with Gasteiger partial charge in [0.05, 0.1) is 42.4 Å². The normalized spacial score (nSPS) is 17.3. The van der Waals surface area contributed by atoms with Crippen LogP contribution in [0.5, 0.6) is 0 Å². The highest BCUT2D eigenvalue weighted by Gasteiger charge is 2.29. The van der Waals surface area contributed by atoms with E-state index in [4.69, 9.17) is 0 Å². The lowest BCUT2D eigenvalue weighted by molar-refractivity contribution is -0.123. The Balaban J connectivity index is 1.27. The second kappa shape index (κ2) is 13.9. The molecule has 2 amide bonds. The van der Waals surface area contributed by atoms with Gasteiger partial charge in [-0.3, -0.25) is 28.6 Å². The number of halogens is 1. The summed E-state index contributed by atoms with van der Waals surface area (Å²) in [5.41, 5.74) is -0.0521. The van der Waals surface area contributed by atoms with E-state index >= 15 is 0 Å². The summed E-state index contributed by atoms with van der Waals surface area (Å²) in [5.74, 6) is -0.564. The van der Waals surface area contributed by atoms with E-state index in [1.54, 1.807) is 4.90 Å². The van der Waals surface area contributed by atoms with Gasteiger partial charge < -0.3 is 10.2 Å². The second-order valence-corrected chi connectivity index (χ2v) is 13.0. The van der Waals surface area contributed by atoms with Crippen molar-refractivity contribution in [2.75, 3.05) is 32.7 Å². The molecule has 2 aromatic heterocycles. The highest BCUT2D eigenvalue weighted by Crippen LogP contribution is 2.32. The summed E-state index contributed by atoms with van der Waals surface area (Å²) in [4.78, 5) is 65.5. The predicted molar refractivity (Wildman–Crippen MR) is 163 cm³/mol. The second-order valence-electron chi connectivity index (χ2n) is 11.9. The van der Waals surface area contributed by atoms with Crippen molar-refractivity contribution in [1.29, 1.82) is 0 Å². The molecule has 230 valence electrons. The molecule has 5 rings (SSSR count). The van der Waals surface area contributed by atoms with Crippen molar-refractivity contribution in [3.8, 4) is 0 Å². The molecule has 1 saturated carbocycles. The van der Waals surface area contributed by atoms with Crippen LogP contribution >= 0.6 is 11.3 Å². The molecule has 3 heterocycles. The van der Waals surface area contributed by atoms with Gasteiger partial charge in [0, 0.05) is 32.2 Å². The maximum Gasteiger partial charge on any atom is 0.265 e. The Labute approximate surface area is 254 Å². The highest BCUT2D eigenvalue weighted by atomic mass is 32.1. The van der Waals surface area contributed by atoms with E-state index in [0.717, 1.165) is 25.7 Å². The first-order valence-corrected chi connectivity index (χ1v) is 15.9. The number of hydrogen-bond donors (Lipinski definition) is 1. The molecule has 1 aromatic carbocycles. The van der Waals surface area contributed by atoms with Gasteiger partial charge in [0.15, 0.2) is 5.78 Å². The van der Waals surface area contributed by atoms with Gasteiger partial charge in [-0.2, -0.15) is 0 Å². The Morgan fingerprint density at radius 1 is 1.07 bits per heavy atom. The summed E-state index contributed by atoms with van der Waals surface area (Å²) >= 11 is 1.20. The lowest BCUT2D eigenvalue weighted by atomic mass is 9.83. The molecule has 3 aromatic rings. The maximum atomic E-state index is 14.0. The number of carbonyl (C=O) groups is 3. The third-order valence-corrected chi connectivity index (χ3v) is 9.29. The number of benzene rings is 1. The fourth-order valence-corrected chi connectivity index (χ4v) is 6.96. The van der Waals surface area contributed by atoms with Crippen molar-refractivity contribution in [1.82, 2.24) is 29.7 Å². The predicted octanol–water partition coefficient (Wildman–Crippen LogP) is 3.60. The van der Waals surface area contributed by atoms with Gasteiger partial charge in [-0.25, -0.2) is 14.4 Å². The van der Waals surface area contributed by atoms with Crippen molar-refractivity contribution in [3.63, 3.8) is 0 Å². The van der Waals surface area contributed by atoms with E-state index in [2.05, 4.69) is 15.3 Å². The Morgan fingerprint density at radius 3 is 2.53 bits per heavy atom. The number of Topliss-reactive ketones (excluding diaryl/α,β-unsaturated/α-hetero) is 1. The van der Waals surface area contributed by atoms with Crippen molar-refractivity contribution in [2.24, 2.45) is 5.92 Å². The maximum absolute atomic E-state index is 14.0. The van der Waals surface area contributed by atoms with Crippen LogP contribution in [0.1, 0.15) is 73.1 Å². The summed E-state index contributed by atoms with van der Waals surface area (Å²) in [6, 6.07) is 3.23. The summed E-state index contributed by atoms with van der Waals surface area (Å²) in [5, 5.41) is 3.55. The van der Waals surface area contributed by atoms with Gasteiger partial charge in [-0.15, -0.1) is 11.3 Å². The van der Waals surface area contributed by atoms with Crippen LogP contribution in [0.4, 0.5) is 4.39 Å². The Morgan fingerprint density at radius 2 is 1.81 bits per heavy atom. The van der Waals surface area contributed by atoms with Crippen LogP contribution in [0.3, 0.4) is 0 Å². The smallest absolute Gasteiger partial charge is 0.265 e. The molecule has 12 heteroatoms. The van der Waals surface area contributed by atoms with Crippen LogP contribution in [0.2, 0.25) is 0 Å². The average Bonchev–Trinajstić information content (AvgIpc) is 3.45. The molecule has 1 aliphatic carbocycles. The lowest BCUT2D eigenvalue weighted by Crippen LogP contribution is -2.51. The zero-order valence-corrected chi connectivity index (χ0v) is 25.6. The number of nitrogens with zero attached hydrogens (tertiary/aromatic N) is 5. The lowest BCUT2D eigenvalue weighted by Gasteiger charge is -2.34. The van der Waals surface area contributed by atoms with Gasteiger partial charge in [0.25, 0.3) is 11.5 Å². The zero-order chi connectivity index (χ0) is 30.5. The molecule has 2 aliphatic rings. The van der Waals surface area contributed by atoms with Crippen molar-refractivity contribution in [2.45, 2.75) is 70.9 Å². The number of thiazole rings is 1. The average molecular weight is 611 g/mol. The molecule has 1 N–H and O–H groups in total. The number of ketones is 1. The number of amides is 2. The summed E-state index contributed by atoms with van der Waals surface area (Å²) in [6.45, 7) is 6.35. The molecule has 0 bridgehead atoms. The molecule has 0 radical (unpaired) electrons. The van der Waals surface area contributed by atoms with Crippen molar-refractivity contribution in [3.05, 3.63) is 56.8 Å². The van der Waals surface area contributed by atoms with Gasteiger partial charge in [-0.05, 0) is 44.4 Å². The van der Waals surface area contributed by atoms with Crippen LogP contribution < -0.4 is 10.9 Å². The monoisotopic (exact) mass is 610 g/mol. The van der Waals surface area contributed by atoms with E-state index in [-0.39, 0.29) is 35.4 Å². The standard InChI is InChI=1S/C31H39FN6O4S/c1-20(2)35-28(40)18-36-10-12-37(13-11-36)31(42)27-17-33-29(43-27)16-26(39)25(14-21-6-4-3-5-7-21)38-19-34-24-9-8-22(32)15-23(24)30(38)41/h8-9,15,17,19-21,25H,3-7,10-14,16,18H2,1-2H3,(H,35,40). The largest absolute Gasteiger partial charge is 0.353 e. The van der Waals surface area contributed by atoms with E-state index in [9.17, 15) is 23.6 Å². The number of aromatic nitrogens is 3. The number of piperazine rings is 1. The summed E-state index contributed by atoms with van der Waals surface area (Å²) in [7, 11) is 0. The molecule has 1 saturated heterocycles. The van der Waals surface area contributed by atoms with Crippen LogP contribution in [0.15, 0.2) is 35.5 Å². The van der Waals surface area contributed by atoms with Crippen molar-refractivity contribution >= 4 is 39.8 Å². The molecule has 1 atom stereocenters. The number of hydrogen-bond acceptors (Lipinski definition) is 8. The number of rotatable bonds is 10. The van der Waals surface area contributed by atoms with Gasteiger partial charge in [-0.1, -0.05) is 32.1 Å². The first-order valence-electron chi connectivity index (χ1n) is 15.1. The van der Waals surface area contributed by atoms with Crippen LogP contribution in [0, 0.1) is 11.7 Å². The fraction of sp³-hybridized carbons (Fsp3) is 0.548. The van der Waals surface area contributed by atoms with Crippen LogP contribution in [-0.4, -0.2) is 80.7 Å². The molecular weight excluding hydrogens is 571 g/mol. The first-order chi connectivity index (χ1) is 20.7. The minimum absolute atomic E-state index is 0.0122. The van der Waals surface area contributed by atoms with Gasteiger partial charge in [0.2, 0.25) is 5.91 Å². The highest BCUT2D eigenvalue weighted by molar-refractivity contribution is 7.13. The summed E-state index contributed by atoms with van der Waals surface area (Å²) in [6.07, 6.45) is 8.78. The third kappa shape index (κ3) is 7.72. The van der Waals surface area contributed by atoms with Crippen LogP contribution in [0.25, 0.3) is 10.9 Å². The molecule has 10 nitrogen and oxygen atoms in total.